The van der Waals surface area contributed by atoms with E-state index in [-0.39, 0.29) is 0 Å². The van der Waals surface area contributed by atoms with E-state index in [4.69, 9.17) is 17.3 Å². The van der Waals surface area contributed by atoms with Crippen molar-refractivity contribution in [1.82, 2.24) is 9.97 Å². The van der Waals surface area contributed by atoms with E-state index in [9.17, 15) is 0 Å². The van der Waals surface area contributed by atoms with Crippen molar-refractivity contribution in [3.05, 3.63) is 41.0 Å². The zero-order chi connectivity index (χ0) is 11.5. The molecule has 1 aromatic heterocycles. The van der Waals surface area contributed by atoms with Gasteiger partial charge in [-0.15, -0.1) is 0 Å². The number of hydrogen-bond donors (Lipinski definition) is 2. The van der Waals surface area contributed by atoms with Crippen LogP contribution in [0.25, 0.3) is 0 Å². The van der Waals surface area contributed by atoms with Crippen LogP contribution in [-0.2, 0) is 0 Å². The second-order valence-corrected chi connectivity index (χ2v) is 3.77. The molecule has 0 amide bonds. The van der Waals surface area contributed by atoms with Crippen LogP contribution in [0.15, 0.2) is 30.5 Å². The molecular weight excluding hydrogens is 224 g/mol. The van der Waals surface area contributed by atoms with Crippen molar-refractivity contribution in [2.24, 2.45) is 0 Å². The molecule has 0 aliphatic carbocycles. The molecule has 0 bridgehead atoms. The Kier molecular flexibility index (Phi) is 2.92. The number of hydrogen-bond acceptors (Lipinski definition) is 4. The molecule has 16 heavy (non-hydrogen) atoms. The summed E-state index contributed by atoms with van der Waals surface area (Å²) in [5.74, 6) is 0.860. The minimum Gasteiger partial charge on any atom is -0.384 e. The van der Waals surface area contributed by atoms with E-state index in [1.54, 1.807) is 12.3 Å². The highest BCUT2D eigenvalue weighted by atomic mass is 35.5. The number of para-hydroxylation sites is 1. The van der Waals surface area contributed by atoms with Crippen LogP contribution in [0, 0.1) is 6.92 Å². The highest BCUT2D eigenvalue weighted by molar-refractivity contribution is 6.33. The van der Waals surface area contributed by atoms with Gasteiger partial charge in [0, 0.05) is 6.20 Å². The Morgan fingerprint density at radius 2 is 2.12 bits per heavy atom. The number of nitrogen functional groups attached to an aromatic ring is 1. The van der Waals surface area contributed by atoms with E-state index < -0.39 is 0 Å². The number of aromatic nitrogens is 2. The lowest BCUT2D eigenvalue weighted by Crippen LogP contribution is -2.01. The summed E-state index contributed by atoms with van der Waals surface area (Å²) in [6.45, 7) is 1.96. The molecule has 0 saturated heterocycles. The van der Waals surface area contributed by atoms with Crippen molar-refractivity contribution in [3.8, 4) is 0 Å². The standard InChI is InChI=1S/C11H11ClN4/c1-7-3-2-4-8(12)10(7)16-11-14-6-5-9(13)15-11/h2-6H,1H3,(H3,13,14,15,16). The quantitative estimate of drug-likeness (QED) is 0.839. The van der Waals surface area contributed by atoms with E-state index in [1.807, 2.05) is 25.1 Å². The van der Waals surface area contributed by atoms with E-state index in [2.05, 4.69) is 15.3 Å². The van der Waals surface area contributed by atoms with Gasteiger partial charge >= 0.3 is 0 Å². The number of benzene rings is 1. The third kappa shape index (κ3) is 2.23. The maximum Gasteiger partial charge on any atom is 0.229 e. The van der Waals surface area contributed by atoms with E-state index >= 15 is 0 Å². The SMILES string of the molecule is Cc1cccc(Cl)c1Nc1nccc(N)n1. The number of nitrogens with one attached hydrogen (secondary N) is 1. The minimum absolute atomic E-state index is 0.419. The lowest BCUT2D eigenvalue weighted by Gasteiger charge is -2.09. The molecule has 0 aliphatic heterocycles. The fourth-order valence-electron chi connectivity index (χ4n) is 1.33. The summed E-state index contributed by atoms with van der Waals surface area (Å²) in [6.07, 6.45) is 1.59. The van der Waals surface area contributed by atoms with Gasteiger partial charge in [0.25, 0.3) is 0 Å². The lowest BCUT2D eigenvalue weighted by molar-refractivity contribution is 1.17. The summed E-state index contributed by atoms with van der Waals surface area (Å²) in [7, 11) is 0. The molecule has 5 heteroatoms. The topological polar surface area (TPSA) is 63.8 Å². The van der Waals surface area contributed by atoms with Crippen LogP contribution in [0.2, 0.25) is 5.02 Å². The Bertz CT molecular complexity index is 493. The molecule has 2 rings (SSSR count). The Morgan fingerprint density at radius 1 is 1.31 bits per heavy atom. The van der Waals surface area contributed by atoms with Crippen LogP contribution in [0.3, 0.4) is 0 Å². The number of aryl methyl sites for hydroxylation is 1. The molecule has 1 heterocycles. The first-order valence-electron chi connectivity index (χ1n) is 4.77. The van der Waals surface area contributed by atoms with Gasteiger partial charge in [-0.2, -0.15) is 4.98 Å². The van der Waals surface area contributed by atoms with Crippen molar-refractivity contribution in [1.29, 1.82) is 0 Å². The molecule has 0 saturated carbocycles. The van der Waals surface area contributed by atoms with Gasteiger partial charge in [-0.25, -0.2) is 4.98 Å². The number of nitrogens with two attached hydrogens (primary N) is 1. The first kappa shape index (κ1) is 10.7. The van der Waals surface area contributed by atoms with Crippen LogP contribution >= 0.6 is 11.6 Å². The molecule has 0 atom stereocenters. The summed E-state index contributed by atoms with van der Waals surface area (Å²) in [6, 6.07) is 7.29. The predicted octanol–water partition coefficient (Wildman–Crippen LogP) is 2.76. The largest absolute Gasteiger partial charge is 0.384 e. The van der Waals surface area contributed by atoms with E-state index in [1.165, 1.54) is 0 Å². The summed E-state index contributed by atoms with van der Waals surface area (Å²) < 4.78 is 0. The van der Waals surface area contributed by atoms with Gasteiger partial charge in [-0.05, 0) is 24.6 Å². The fourth-order valence-corrected chi connectivity index (χ4v) is 1.60. The summed E-state index contributed by atoms with van der Waals surface area (Å²) >= 11 is 6.07. The Balaban J connectivity index is 2.34. The van der Waals surface area contributed by atoms with Gasteiger partial charge in [0.05, 0.1) is 10.7 Å². The third-order valence-electron chi connectivity index (χ3n) is 2.14. The molecule has 0 radical (unpaired) electrons. The van der Waals surface area contributed by atoms with Crippen molar-refractivity contribution < 1.29 is 0 Å². The normalized spacial score (nSPS) is 10.1. The number of rotatable bonds is 2. The number of halogens is 1. The molecule has 0 unspecified atom stereocenters. The van der Waals surface area contributed by atoms with Crippen molar-refractivity contribution >= 4 is 29.1 Å². The number of nitrogens with zero attached hydrogens (tertiary/aromatic N) is 2. The van der Waals surface area contributed by atoms with Gasteiger partial charge in [-0.1, -0.05) is 23.7 Å². The molecule has 2 aromatic rings. The lowest BCUT2D eigenvalue weighted by atomic mass is 10.2. The maximum absolute atomic E-state index is 6.07. The van der Waals surface area contributed by atoms with Crippen molar-refractivity contribution in [2.75, 3.05) is 11.1 Å². The smallest absolute Gasteiger partial charge is 0.229 e. The molecule has 3 N–H and O–H groups in total. The first-order chi connectivity index (χ1) is 7.66. The fraction of sp³-hybridized carbons (Fsp3) is 0.0909. The minimum atomic E-state index is 0.419. The highest BCUT2D eigenvalue weighted by Crippen LogP contribution is 2.27. The van der Waals surface area contributed by atoms with Crippen LogP contribution in [0.4, 0.5) is 17.5 Å². The third-order valence-corrected chi connectivity index (χ3v) is 2.45. The van der Waals surface area contributed by atoms with Crippen molar-refractivity contribution in [3.63, 3.8) is 0 Å². The summed E-state index contributed by atoms with van der Waals surface area (Å²) in [4.78, 5) is 8.10. The molecule has 1 aromatic carbocycles. The summed E-state index contributed by atoms with van der Waals surface area (Å²) in [5.41, 5.74) is 7.39. The number of anilines is 3. The van der Waals surface area contributed by atoms with Gasteiger partial charge in [0.1, 0.15) is 5.82 Å². The first-order valence-corrected chi connectivity index (χ1v) is 5.15. The van der Waals surface area contributed by atoms with E-state index in [0.717, 1.165) is 11.3 Å². The van der Waals surface area contributed by atoms with Gasteiger partial charge in [-0.3, -0.25) is 0 Å². The molecule has 82 valence electrons. The maximum atomic E-state index is 6.07. The molecule has 4 nitrogen and oxygen atoms in total. The van der Waals surface area contributed by atoms with Gasteiger partial charge in [0.15, 0.2) is 0 Å². The zero-order valence-corrected chi connectivity index (χ0v) is 9.49. The monoisotopic (exact) mass is 234 g/mol. The van der Waals surface area contributed by atoms with Crippen molar-refractivity contribution in [2.45, 2.75) is 6.92 Å². The van der Waals surface area contributed by atoms with Gasteiger partial charge < -0.3 is 11.1 Å². The Hall–Kier alpha value is -1.81. The molecule has 0 fully saturated rings. The van der Waals surface area contributed by atoms with Gasteiger partial charge in [0.2, 0.25) is 5.95 Å². The van der Waals surface area contributed by atoms with E-state index in [0.29, 0.717) is 16.8 Å². The van der Waals surface area contributed by atoms with Crippen LogP contribution in [0.5, 0.6) is 0 Å². The second kappa shape index (κ2) is 4.37. The highest BCUT2D eigenvalue weighted by Gasteiger charge is 2.05. The predicted molar refractivity (Wildman–Crippen MR) is 65.9 cm³/mol. The second-order valence-electron chi connectivity index (χ2n) is 3.36. The van der Waals surface area contributed by atoms with Crippen LogP contribution in [-0.4, -0.2) is 9.97 Å². The Morgan fingerprint density at radius 3 is 2.81 bits per heavy atom. The van der Waals surface area contributed by atoms with Crippen LogP contribution < -0.4 is 11.1 Å². The molecule has 0 aliphatic rings. The molecule has 0 spiro atoms. The van der Waals surface area contributed by atoms with Crippen LogP contribution in [0.1, 0.15) is 5.56 Å². The average Bonchev–Trinajstić information content (AvgIpc) is 2.24. The molecular formula is C11H11ClN4. The zero-order valence-electron chi connectivity index (χ0n) is 8.74. The average molecular weight is 235 g/mol. The Labute approximate surface area is 98.5 Å². The summed E-state index contributed by atoms with van der Waals surface area (Å²) in [5, 5.41) is 3.68.